The number of carbonyl (C=O) groups excluding carboxylic acids is 1. The molecular weight excluding hydrogens is 236 g/mol. The molecule has 3 aromatic heterocycles. The number of thiazole rings is 1. The van der Waals surface area contributed by atoms with E-state index >= 15 is 0 Å². The normalized spacial score (nSPS) is 11.2. The predicted molar refractivity (Wildman–Crippen MR) is 65.1 cm³/mol. The van der Waals surface area contributed by atoms with Gasteiger partial charge in [-0.3, -0.25) is 9.20 Å². The molecule has 0 atom stereocenters. The van der Waals surface area contributed by atoms with Gasteiger partial charge in [0.1, 0.15) is 5.69 Å². The highest BCUT2D eigenvalue weighted by Gasteiger charge is 2.16. The molecule has 0 aliphatic heterocycles. The second-order valence-electron chi connectivity index (χ2n) is 3.83. The zero-order valence-electron chi connectivity index (χ0n) is 9.41. The zero-order chi connectivity index (χ0) is 12.0. The Morgan fingerprint density at radius 1 is 1.41 bits per heavy atom. The van der Waals surface area contributed by atoms with Crippen LogP contribution >= 0.6 is 11.3 Å². The van der Waals surface area contributed by atoms with Gasteiger partial charge >= 0.3 is 0 Å². The van der Waals surface area contributed by atoms with E-state index in [4.69, 9.17) is 0 Å². The van der Waals surface area contributed by atoms with Crippen molar-refractivity contribution in [2.45, 2.75) is 13.8 Å². The monoisotopic (exact) mass is 246 g/mol. The number of rotatable bonds is 2. The first-order chi connectivity index (χ1) is 8.20. The highest BCUT2D eigenvalue weighted by molar-refractivity contribution is 7.15. The number of hydrogen-bond acceptors (Lipinski definition) is 4. The summed E-state index contributed by atoms with van der Waals surface area (Å²) in [5.74, 6) is 0.595. The lowest BCUT2D eigenvalue weighted by Crippen LogP contribution is -2.03. The van der Waals surface area contributed by atoms with E-state index < -0.39 is 0 Å². The average Bonchev–Trinajstić information content (AvgIpc) is 2.91. The number of aldehydes is 1. The van der Waals surface area contributed by atoms with Gasteiger partial charge in [0.15, 0.2) is 17.1 Å². The summed E-state index contributed by atoms with van der Waals surface area (Å²) >= 11 is 1.50. The molecule has 0 aliphatic rings. The van der Waals surface area contributed by atoms with E-state index in [1.807, 2.05) is 31.5 Å². The summed E-state index contributed by atoms with van der Waals surface area (Å²) in [5, 5.41) is 6.25. The molecule has 17 heavy (non-hydrogen) atoms. The van der Waals surface area contributed by atoms with E-state index in [2.05, 4.69) is 10.1 Å². The standard InChI is InChI=1S/C11H10N4OS/c1-7-5-8(2)15(13-7)10-9(6-16)14-3-4-17-11(14)12-10/h3-6H,1-2H3. The van der Waals surface area contributed by atoms with E-state index in [1.165, 1.54) is 11.3 Å². The molecule has 0 spiro atoms. The molecule has 0 amide bonds. The summed E-state index contributed by atoms with van der Waals surface area (Å²) in [6.45, 7) is 3.87. The van der Waals surface area contributed by atoms with Gasteiger partial charge in [0.25, 0.3) is 0 Å². The van der Waals surface area contributed by atoms with E-state index in [0.717, 1.165) is 22.6 Å². The van der Waals surface area contributed by atoms with Gasteiger partial charge in [0, 0.05) is 17.3 Å². The average molecular weight is 246 g/mol. The zero-order valence-corrected chi connectivity index (χ0v) is 10.2. The van der Waals surface area contributed by atoms with Gasteiger partial charge < -0.3 is 0 Å². The van der Waals surface area contributed by atoms with Crippen molar-refractivity contribution in [3.8, 4) is 5.82 Å². The third-order valence-corrected chi connectivity index (χ3v) is 3.36. The Morgan fingerprint density at radius 3 is 2.88 bits per heavy atom. The van der Waals surface area contributed by atoms with Crippen LogP contribution in [0.5, 0.6) is 0 Å². The highest BCUT2D eigenvalue weighted by atomic mass is 32.1. The smallest absolute Gasteiger partial charge is 0.196 e. The molecule has 6 heteroatoms. The minimum Gasteiger partial charge on any atom is -0.296 e. The Kier molecular flexibility index (Phi) is 2.12. The lowest BCUT2D eigenvalue weighted by molar-refractivity contribution is 0.111. The van der Waals surface area contributed by atoms with Crippen LogP contribution < -0.4 is 0 Å². The molecule has 0 saturated carbocycles. The fourth-order valence-corrected chi connectivity index (χ4v) is 2.62. The van der Waals surface area contributed by atoms with Gasteiger partial charge in [-0.2, -0.15) is 10.1 Å². The number of nitrogens with zero attached hydrogens (tertiary/aromatic N) is 4. The largest absolute Gasteiger partial charge is 0.296 e. The van der Waals surface area contributed by atoms with Crippen LogP contribution in [-0.4, -0.2) is 25.5 Å². The van der Waals surface area contributed by atoms with Crippen molar-refractivity contribution in [2.75, 3.05) is 0 Å². The molecule has 3 rings (SSSR count). The predicted octanol–water partition coefficient (Wildman–Crippen LogP) is 2.01. The third-order valence-electron chi connectivity index (χ3n) is 2.60. The third kappa shape index (κ3) is 1.41. The first-order valence-electron chi connectivity index (χ1n) is 5.15. The number of fused-ring (bicyclic) bond motifs is 1. The van der Waals surface area contributed by atoms with Crippen molar-refractivity contribution in [1.29, 1.82) is 0 Å². The number of aromatic nitrogens is 4. The van der Waals surface area contributed by atoms with Crippen molar-refractivity contribution >= 4 is 22.6 Å². The molecule has 0 N–H and O–H groups in total. The van der Waals surface area contributed by atoms with Crippen molar-refractivity contribution < 1.29 is 4.79 Å². The minimum absolute atomic E-state index is 0.535. The Hall–Kier alpha value is -1.95. The van der Waals surface area contributed by atoms with E-state index in [1.54, 1.807) is 9.08 Å². The molecule has 0 aliphatic carbocycles. The van der Waals surface area contributed by atoms with E-state index in [-0.39, 0.29) is 0 Å². The highest BCUT2D eigenvalue weighted by Crippen LogP contribution is 2.20. The maximum Gasteiger partial charge on any atom is 0.196 e. The van der Waals surface area contributed by atoms with Crippen molar-refractivity contribution in [3.63, 3.8) is 0 Å². The van der Waals surface area contributed by atoms with Crippen LogP contribution in [0.1, 0.15) is 21.9 Å². The van der Waals surface area contributed by atoms with Crippen molar-refractivity contribution in [1.82, 2.24) is 19.2 Å². The molecule has 0 saturated heterocycles. The quantitative estimate of drug-likeness (QED) is 0.650. The fourth-order valence-electron chi connectivity index (χ4n) is 1.90. The van der Waals surface area contributed by atoms with E-state index in [9.17, 15) is 4.79 Å². The van der Waals surface area contributed by atoms with Gasteiger partial charge in [-0.15, -0.1) is 11.3 Å². The second kappa shape index (κ2) is 3.53. The molecule has 0 fully saturated rings. The lowest BCUT2D eigenvalue weighted by atomic mass is 10.4. The SMILES string of the molecule is Cc1cc(C)n(-c2nc3sccn3c2C=O)n1. The van der Waals surface area contributed by atoms with Crippen molar-refractivity contribution in [3.05, 3.63) is 34.7 Å². The lowest BCUT2D eigenvalue weighted by Gasteiger charge is -2.00. The van der Waals surface area contributed by atoms with Crippen LogP contribution in [0.3, 0.4) is 0 Å². The van der Waals surface area contributed by atoms with Crippen LogP contribution in [0.4, 0.5) is 0 Å². The number of carbonyl (C=O) groups is 1. The molecule has 0 unspecified atom stereocenters. The summed E-state index contributed by atoms with van der Waals surface area (Å²) in [4.78, 5) is 16.4. The van der Waals surface area contributed by atoms with Crippen LogP contribution in [0, 0.1) is 13.8 Å². The molecule has 3 heterocycles. The fraction of sp³-hybridized carbons (Fsp3) is 0.182. The molecular formula is C11H10N4OS. The van der Waals surface area contributed by atoms with Crippen LogP contribution in [-0.2, 0) is 0 Å². The Bertz CT molecular complexity index is 706. The number of imidazole rings is 1. The maximum atomic E-state index is 11.2. The summed E-state index contributed by atoms with van der Waals surface area (Å²) in [7, 11) is 0. The minimum atomic E-state index is 0.535. The van der Waals surface area contributed by atoms with Crippen LogP contribution in [0.2, 0.25) is 0 Å². The van der Waals surface area contributed by atoms with Gasteiger partial charge in [-0.1, -0.05) is 0 Å². The van der Waals surface area contributed by atoms with Crippen LogP contribution in [0.25, 0.3) is 10.8 Å². The summed E-state index contributed by atoms with van der Waals surface area (Å²) < 4.78 is 3.49. The van der Waals surface area contributed by atoms with E-state index in [0.29, 0.717) is 11.5 Å². The van der Waals surface area contributed by atoms with Gasteiger partial charge in [-0.25, -0.2) is 4.68 Å². The Morgan fingerprint density at radius 2 is 2.24 bits per heavy atom. The van der Waals surface area contributed by atoms with Gasteiger partial charge in [0.05, 0.1) is 5.69 Å². The topological polar surface area (TPSA) is 52.2 Å². The Labute approximate surface area is 101 Å². The molecule has 0 radical (unpaired) electrons. The van der Waals surface area contributed by atoms with Gasteiger partial charge in [0.2, 0.25) is 0 Å². The second-order valence-corrected chi connectivity index (χ2v) is 4.71. The summed E-state index contributed by atoms with van der Waals surface area (Å²) in [5.41, 5.74) is 2.42. The number of aryl methyl sites for hydroxylation is 2. The molecule has 3 aromatic rings. The maximum absolute atomic E-state index is 11.2. The molecule has 0 aromatic carbocycles. The molecule has 86 valence electrons. The van der Waals surface area contributed by atoms with Gasteiger partial charge in [-0.05, 0) is 19.9 Å². The summed E-state index contributed by atoms with van der Waals surface area (Å²) in [6.07, 6.45) is 2.66. The first kappa shape index (κ1) is 10.2. The number of hydrogen-bond donors (Lipinski definition) is 0. The summed E-state index contributed by atoms with van der Waals surface area (Å²) in [6, 6.07) is 1.96. The van der Waals surface area contributed by atoms with Crippen molar-refractivity contribution in [2.24, 2.45) is 0 Å². The molecule has 5 nitrogen and oxygen atoms in total. The van der Waals surface area contributed by atoms with Crippen LogP contribution in [0.15, 0.2) is 17.6 Å². The first-order valence-corrected chi connectivity index (χ1v) is 6.03. The Balaban J connectivity index is 2.33. The molecule has 0 bridgehead atoms.